The molecule has 1 atom stereocenters. The van der Waals surface area contributed by atoms with Gasteiger partial charge in [-0.15, -0.1) is 0 Å². The number of hydrogen-bond donors (Lipinski definition) is 2. The molecule has 74 valence electrons. The van der Waals surface area contributed by atoms with E-state index in [1.54, 1.807) is 0 Å². The molecule has 1 rings (SSSR count). The van der Waals surface area contributed by atoms with Gasteiger partial charge in [0.1, 0.15) is 5.25 Å². The second-order valence-corrected chi connectivity index (χ2v) is 5.06. The molecule has 1 heterocycles. The molecule has 0 radical (unpaired) electrons. The predicted molar refractivity (Wildman–Crippen MR) is 44.4 cm³/mol. The molecule has 0 aromatic carbocycles. The standard InChI is InChI=1S/C6H10N2O4S/c7-1-2-13(11,12)4-3-5(9)8-6(4)10/h4H,1-3,7H2,(H,8,9,10). The van der Waals surface area contributed by atoms with E-state index >= 15 is 0 Å². The molecule has 2 amide bonds. The van der Waals surface area contributed by atoms with Gasteiger partial charge in [0, 0.05) is 6.54 Å². The van der Waals surface area contributed by atoms with Crippen molar-refractivity contribution in [1.82, 2.24) is 5.32 Å². The van der Waals surface area contributed by atoms with Gasteiger partial charge in [-0.2, -0.15) is 0 Å². The van der Waals surface area contributed by atoms with Gasteiger partial charge in [0.2, 0.25) is 11.8 Å². The highest BCUT2D eigenvalue weighted by Gasteiger charge is 2.39. The van der Waals surface area contributed by atoms with Gasteiger partial charge in [0.25, 0.3) is 0 Å². The maximum atomic E-state index is 11.3. The van der Waals surface area contributed by atoms with E-state index in [0.717, 1.165) is 0 Å². The molecule has 0 aromatic heterocycles. The summed E-state index contributed by atoms with van der Waals surface area (Å²) in [6.45, 7) is -0.0414. The fourth-order valence-corrected chi connectivity index (χ4v) is 2.53. The number of nitrogens with one attached hydrogen (secondary N) is 1. The topological polar surface area (TPSA) is 106 Å². The van der Waals surface area contributed by atoms with E-state index in [-0.39, 0.29) is 18.7 Å². The molecule has 1 aliphatic rings. The third-order valence-corrected chi connectivity index (χ3v) is 3.81. The van der Waals surface area contributed by atoms with Crippen molar-refractivity contribution in [3.8, 4) is 0 Å². The Labute approximate surface area is 75.4 Å². The maximum absolute atomic E-state index is 11.3. The summed E-state index contributed by atoms with van der Waals surface area (Å²) in [5, 5.41) is 0.701. The van der Waals surface area contributed by atoms with Crippen LogP contribution in [0.2, 0.25) is 0 Å². The highest BCUT2D eigenvalue weighted by molar-refractivity contribution is 7.92. The number of carbonyl (C=O) groups excluding carboxylic acids is 2. The first-order chi connectivity index (χ1) is 5.97. The molecular weight excluding hydrogens is 196 g/mol. The molecule has 0 aliphatic carbocycles. The number of rotatable bonds is 3. The molecule has 0 spiro atoms. The SMILES string of the molecule is NCCS(=O)(=O)C1CC(=O)NC1=O. The van der Waals surface area contributed by atoms with E-state index in [4.69, 9.17) is 5.73 Å². The fourth-order valence-electron chi connectivity index (χ4n) is 1.13. The van der Waals surface area contributed by atoms with Crippen LogP contribution in [-0.2, 0) is 19.4 Å². The lowest BCUT2D eigenvalue weighted by atomic mass is 10.4. The van der Waals surface area contributed by atoms with E-state index in [0.29, 0.717) is 0 Å². The number of nitrogens with two attached hydrogens (primary N) is 1. The third kappa shape index (κ3) is 2.04. The van der Waals surface area contributed by atoms with Crippen molar-refractivity contribution >= 4 is 21.7 Å². The minimum absolute atomic E-state index is 0.0414. The van der Waals surface area contributed by atoms with Crippen LogP contribution in [0.25, 0.3) is 0 Å². The molecule has 0 saturated carbocycles. The number of amides is 2. The average Bonchev–Trinajstić information content (AvgIpc) is 2.30. The lowest BCUT2D eigenvalue weighted by Gasteiger charge is -2.05. The van der Waals surface area contributed by atoms with Crippen molar-refractivity contribution in [1.29, 1.82) is 0 Å². The molecule has 1 aliphatic heterocycles. The van der Waals surface area contributed by atoms with Gasteiger partial charge in [-0.1, -0.05) is 0 Å². The molecule has 1 fully saturated rings. The van der Waals surface area contributed by atoms with Crippen LogP contribution < -0.4 is 11.1 Å². The van der Waals surface area contributed by atoms with Gasteiger partial charge in [-0.05, 0) is 0 Å². The first kappa shape index (κ1) is 10.1. The van der Waals surface area contributed by atoms with Crippen molar-refractivity contribution in [3.05, 3.63) is 0 Å². The number of imide groups is 1. The Kier molecular flexibility index (Phi) is 2.67. The molecule has 0 aromatic rings. The minimum Gasteiger partial charge on any atom is -0.329 e. The van der Waals surface area contributed by atoms with Crippen molar-refractivity contribution < 1.29 is 18.0 Å². The van der Waals surface area contributed by atoms with E-state index in [1.165, 1.54) is 0 Å². The Morgan fingerprint density at radius 2 is 2.08 bits per heavy atom. The summed E-state index contributed by atoms with van der Waals surface area (Å²) in [6, 6.07) is 0. The lowest BCUT2D eigenvalue weighted by molar-refractivity contribution is -0.124. The second-order valence-electron chi connectivity index (χ2n) is 2.76. The zero-order chi connectivity index (χ0) is 10.1. The van der Waals surface area contributed by atoms with Crippen molar-refractivity contribution in [3.63, 3.8) is 0 Å². The van der Waals surface area contributed by atoms with E-state index in [1.807, 2.05) is 5.32 Å². The van der Waals surface area contributed by atoms with E-state index in [2.05, 4.69) is 0 Å². The molecule has 7 heteroatoms. The molecule has 0 bridgehead atoms. The maximum Gasteiger partial charge on any atom is 0.245 e. The van der Waals surface area contributed by atoms with E-state index < -0.39 is 26.9 Å². The van der Waals surface area contributed by atoms with Crippen molar-refractivity contribution in [2.45, 2.75) is 11.7 Å². The van der Waals surface area contributed by atoms with Gasteiger partial charge in [-0.25, -0.2) is 8.42 Å². The van der Waals surface area contributed by atoms with Crippen LogP contribution in [-0.4, -0.2) is 37.8 Å². The number of hydrogen-bond acceptors (Lipinski definition) is 5. The number of carbonyl (C=O) groups is 2. The Balaban J connectivity index is 2.84. The molecular formula is C6H10N2O4S. The summed E-state index contributed by atoms with van der Waals surface area (Å²) in [5.74, 6) is -1.55. The fraction of sp³-hybridized carbons (Fsp3) is 0.667. The summed E-state index contributed by atoms with van der Waals surface area (Å²) in [7, 11) is -3.55. The Morgan fingerprint density at radius 1 is 1.46 bits per heavy atom. The van der Waals surface area contributed by atoms with Crippen molar-refractivity contribution in [2.75, 3.05) is 12.3 Å². The van der Waals surface area contributed by atoms with Crippen LogP contribution in [0.3, 0.4) is 0 Å². The van der Waals surface area contributed by atoms with Gasteiger partial charge >= 0.3 is 0 Å². The normalized spacial score (nSPS) is 23.3. The van der Waals surface area contributed by atoms with E-state index in [9.17, 15) is 18.0 Å². The first-order valence-electron chi connectivity index (χ1n) is 3.72. The van der Waals surface area contributed by atoms with Gasteiger partial charge in [0.15, 0.2) is 9.84 Å². The van der Waals surface area contributed by atoms with Crippen LogP contribution in [0.5, 0.6) is 0 Å². The number of sulfone groups is 1. The van der Waals surface area contributed by atoms with Gasteiger partial charge in [-0.3, -0.25) is 14.9 Å². The Bertz CT molecular complexity index is 335. The zero-order valence-electron chi connectivity index (χ0n) is 6.82. The quantitative estimate of drug-likeness (QED) is 0.508. The minimum atomic E-state index is -3.55. The van der Waals surface area contributed by atoms with Crippen LogP contribution in [0, 0.1) is 0 Å². The van der Waals surface area contributed by atoms with Crippen LogP contribution >= 0.6 is 0 Å². The summed E-state index contributed by atoms with van der Waals surface area (Å²) in [5.41, 5.74) is 5.07. The Morgan fingerprint density at radius 3 is 2.46 bits per heavy atom. The highest BCUT2D eigenvalue weighted by Crippen LogP contribution is 2.12. The molecule has 3 N–H and O–H groups in total. The van der Waals surface area contributed by atoms with Crippen LogP contribution in [0.4, 0.5) is 0 Å². The molecule has 1 unspecified atom stereocenters. The monoisotopic (exact) mass is 206 g/mol. The summed E-state index contributed by atoms with van der Waals surface area (Å²) >= 11 is 0. The van der Waals surface area contributed by atoms with Crippen molar-refractivity contribution in [2.24, 2.45) is 5.73 Å². The molecule has 13 heavy (non-hydrogen) atoms. The van der Waals surface area contributed by atoms with Gasteiger partial charge in [0.05, 0.1) is 12.2 Å². The third-order valence-electron chi connectivity index (χ3n) is 1.76. The summed E-state index contributed by atoms with van der Waals surface area (Å²) < 4.78 is 22.6. The summed E-state index contributed by atoms with van der Waals surface area (Å²) in [6.07, 6.45) is -0.277. The lowest BCUT2D eigenvalue weighted by Crippen LogP contribution is -2.34. The van der Waals surface area contributed by atoms with Crippen LogP contribution in [0.15, 0.2) is 0 Å². The van der Waals surface area contributed by atoms with Crippen LogP contribution in [0.1, 0.15) is 6.42 Å². The molecule has 6 nitrogen and oxygen atoms in total. The first-order valence-corrected chi connectivity index (χ1v) is 5.44. The zero-order valence-corrected chi connectivity index (χ0v) is 7.63. The smallest absolute Gasteiger partial charge is 0.245 e. The largest absolute Gasteiger partial charge is 0.329 e. The second kappa shape index (κ2) is 3.43. The summed E-state index contributed by atoms with van der Waals surface area (Å²) in [4.78, 5) is 21.6. The Hall–Kier alpha value is -0.950. The average molecular weight is 206 g/mol. The molecule has 1 saturated heterocycles. The highest BCUT2D eigenvalue weighted by atomic mass is 32.2. The van der Waals surface area contributed by atoms with Gasteiger partial charge < -0.3 is 5.73 Å². The predicted octanol–water partition coefficient (Wildman–Crippen LogP) is -2.22.